The Kier molecular flexibility index (Phi) is 9.92. The molecule has 0 heterocycles. The smallest absolute Gasteiger partial charge is 0.404 e. The van der Waals surface area contributed by atoms with Gasteiger partial charge in [-0.3, -0.25) is 0 Å². The zero-order valence-electron chi connectivity index (χ0n) is 13.6. The van der Waals surface area contributed by atoms with E-state index in [0.29, 0.717) is 6.54 Å². The fourth-order valence-corrected chi connectivity index (χ4v) is 2.31. The normalized spacial score (nSPS) is 10.4. The summed E-state index contributed by atoms with van der Waals surface area (Å²) in [5, 5.41) is 10.9. The number of unbranched alkanes of at least 4 members (excludes halogenated alkanes) is 7. The van der Waals surface area contributed by atoms with E-state index in [1.54, 1.807) is 0 Å². The van der Waals surface area contributed by atoms with E-state index in [2.05, 4.69) is 12.2 Å². The highest BCUT2D eigenvalue weighted by atomic mass is 16.5. The van der Waals surface area contributed by atoms with Crippen molar-refractivity contribution in [2.24, 2.45) is 0 Å². The molecule has 0 aromatic heterocycles. The highest BCUT2D eigenvalue weighted by Gasteiger charge is 1.98. The third-order valence-electron chi connectivity index (χ3n) is 3.63. The maximum absolute atomic E-state index is 10.4. The Balaban J connectivity index is 2.04. The summed E-state index contributed by atoms with van der Waals surface area (Å²) in [6.07, 6.45) is 9.35. The van der Waals surface area contributed by atoms with Crippen LogP contribution in [0, 0.1) is 0 Å². The van der Waals surface area contributed by atoms with Gasteiger partial charge in [-0.1, -0.05) is 64.0 Å². The molecule has 0 aliphatic rings. The Morgan fingerprint density at radius 2 is 1.59 bits per heavy atom. The lowest BCUT2D eigenvalue weighted by atomic mass is 10.1. The molecule has 1 amide bonds. The van der Waals surface area contributed by atoms with Gasteiger partial charge in [0.1, 0.15) is 5.75 Å². The molecule has 0 spiro atoms. The van der Waals surface area contributed by atoms with Gasteiger partial charge in [-0.05, 0) is 24.1 Å². The second kappa shape index (κ2) is 11.9. The summed E-state index contributed by atoms with van der Waals surface area (Å²) in [6, 6.07) is 7.56. The van der Waals surface area contributed by atoms with Gasteiger partial charge in [-0.15, -0.1) is 0 Å². The van der Waals surface area contributed by atoms with Crippen LogP contribution in [0.4, 0.5) is 4.79 Å². The van der Waals surface area contributed by atoms with E-state index in [4.69, 9.17) is 9.84 Å². The van der Waals surface area contributed by atoms with Gasteiger partial charge in [0.15, 0.2) is 0 Å². The molecule has 4 nitrogen and oxygen atoms in total. The van der Waals surface area contributed by atoms with Gasteiger partial charge < -0.3 is 15.2 Å². The van der Waals surface area contributed by atoms with E-state index in [1.165, 1.54) is 44.9 Å². The Hall–Kier alpha value is -1.71. The Bertz CT molecular complexity index is 403. The van der Waals surface area contributed by atoms with Crippen molar-refractivity contribution in [3.05, 3.63) is 29.8 Å². The van der Waals surface area contributed by atoms with Crippen molar-refractivity contribution < 1.29 is 14.6 Å². The second-order valence-electron chi connectivity index (χ2n) is 5.63. The predicted molar refractivity (Wildman–Crippen MR) is 89.4 cm³/mol. The fraction of sp³-hybridized carbons (Fsp3) is 0.611. The van der Waals surface area contributed by atoms with Gasteiger partial charge in [0, 0.05) is 6.54 Å². The third-order valence-corrected chi connectivity index (χ3v) is 3.63. The summed E-state index contributed by atoms with van der Waals surface area (Å²) in [6.45, 7) is 3.32. The van der Waals surface area contributed by atoms with Gasteiger partial charge >= 0.3 is 6.09 Å². The lowest BCUT2D eigenvalue weighted by molar-refractivity contribution is 0.194. The molecule has 0 saturated carbocycles. The van der Waals surface area contributed by atoms with Crippen LogP contribution in [0.1, 0.15) is 63.9 Å². The molecular formula is C18H29NO3. The summed E-state index contributed by atoms with van der Waals surface area (Å²) in [4.78, 5) is 10.4. The SMILES string of the molecule is CCCCCCCCCCOc1ccc(CNC(=O)O)cc1. The molecule has 2 N–H and O–H groups in total. The molecule has 4 heteroatoms. The van der Waals surface area contributed by atoms with E-state index in [1.807, 2.05) is 24.3 Å². The van der Waals surface area contributed by atoms with Crippen LogP contribution < -0.4 is 10.1 Å². The number of hydrogen-bond acceptors (Lipinski definition) is 2. The minimum Gasteiger partial charge on any atom is -0.494 e. The van der Waals surface area contributed by atoms with Gasteiger partial charge in [-0.25, -0.2) is 4.79 Å². The van der Waals surface area contributed by atoms with Crippen LogP contribution in [-0.2, 0) is 6.54 Å². The van der Waals surface area contributed by atoms with Crippen molar-refractivity contribution >= 4 is 6.09 Å². The van der Waals surface area contributed by atoms with Crippen molar-refractivity contribution in [1.29, 1.82) is 0 Å². The maximum Gasteiger partial charge on any atom is 0.404 e. The molecule has 124 valence electrons. The van der Waals surface area contributed by atoms with Gasteiger partial charge in [0.2, 0.25) is 0 Å². The Labute approximate surface area is 133 Å². The first-order valence-corrected chi connectivity index (χ1v) is 8.41. The number of ether oxygens (including phenoxy) is 1. The van der Waals surface area contributed by atoms with Crippen LogP contribution in [0.2, 0.25) is 0 Å². The van der Waals surface area contributed by atoms with Crippen LogP contribution in [0.3, 0.4) is 0 Å². The van der Waals surface area contributed by atoms with Crippen LogP contribution in [0.15, 0.2) is 24.3 Å². The minimum absolute atomic E-state index is 0.327. The molecule has 0 saturated heterocycles. The first kappa shape index (κ1) is 18.3. The van der Waals surface area contributed by atoms with Crippen molar-refractivity contribution in [3.63, 3.8) is 0 Å². The quantitative estimate of drug-likeness (QED) is 0.536. The topological polar surface area (TPSA) is 58.6 Å². The minimum atomic E-state index is -1.00. The van der Waals surface area contributed by atoms with Gasteiger partial charge in [0.25, 0.3) is 0 Å². The van der Waals surface area contributed by atoms with Crippen molar-refractivity contribution in [2.75, 3.05) is 6.61 Å². The van der Waals surface area contributed by atoms with E-state index in [9.17, 15) is 4.79 Å². The van der Waals surface area contributed by atoms with E-state index in [-0.39, 0.29) is 0 Å². The first-order chi connectivity index (χ1) is 10.7. The van der Waals surface area contributed by atoms with Crippen LogP contribution in [-0.4, -0.2) is 17.8 Å². The maximum atomic E-state index is 10.4. The summed E-state index contributed by atoms with van der Waals surface area (Å²) >= 11 is 0. The predicted octanol–water partition coefficient (Wildman–Crippen LogP) is 4.97. The first-order valence-electron chi connectivity index (χ1n) is 8.41. The van der Waals surface area contributed by atoms with Crippen LogP contribution in [0.25, 0.3) is 0 Å². The molecule has 1 aromatic carbocycles. The zero-order valence-corrected chi connectivity index (χ0v) is 13.6. The molecule has 0 radical (unpaired) electrons. The number of rotatable bonds is 12. The number of benzene rings is 1. The monoisotopic (exact) mass is 307 g/mol. The molecule has 22 heavy (non-hydrogen) atoms. The summed E-state index contributed by atoms with van der Waals surface area (Å²) < 4.78 is 5.69. The number of carbonyl (C=O) groups is 1. The van der Waals surface area contributed by atoms with Crippen molar-refractivity contribution in [3.8, 4) is 5.75 Å². The highest BCUT2D eigenvalue weighted by molar-refractivity contribution is 5.64. The number of hydrogen-bond donors (Lipinski definition) is 2. The van der Waals surface area contributed by atoms with Gasteiger partial charge in [0.05, 0.1) is 6.61 Å². The van der Waals surface area contributed by atoms with Crippen molar-refractivity contribution in [2.45, 2.75) is 64.8 Å². The summed E-state index contributed by atoms with van der Waals surface area (Å²) in [5.41, 5.74) is 0.932. The zero-order chi connectivity index (χ0) is 16.0. The molecule has 0 fully saturated rings. The Morgan fingerprint density at radius 3 is 2.18 bits per heavy atom. The number of carboxylic acid groups (broad SMARTS) is 1. The molecule has 0 unspecified atom stereocenters. The molecular weight excluding hydrogens is 278 g/mol. The number of amides is 1. The van der Waals surface area contributed by atoms with Crippen LogP contribution in [0.5, 0.6) is 5.75 Å². The van der Waals surface area contributed by atoms with Crippen LogP contribution >= 0.6 is 0 Å². The van der Waals surface area contributed by atoms with E-state index < -0.39 is 6.09 Å². The van der Waals surface area contributed by atoms with E-state index in [0.717, 1.165) is 24.3 Å². The number of nitrogens with one attached hydrogen (secondary N) is 1. The standard InChI is InChI=1S/C18H29NO3/c1-2-3-4-5-6-7-8-9-14-22-17-12-10-16(11-13-17)15-19-18(20)21/h10-13,19H,2-9,14-15H2,1H3,(H,20,21). The molecule has 0 bridgehead atoms. The van der Waals surface area contributed by atoms with Gasteiger partial charge in [-0.2, -0.15) is 0 Å². The van der Waals surface area contributed by atoms with Crippen molar-refractivity contribution in [1.82, 2.24) is 5.32 Å². The Morgan fingerprint density at radius 1 is 1.00 bits per heavy atom. The molecule has 0 aliphatic carbocycles. The largest absolute Gasteiger partial charge is 0.494 e. The fourth-order valence-electron chi connectivity index (χ4n) is 2.31. The summed E-state index contributed by atoms with van der Waals surface area (Å²) in [5.74, 6) is 0.849. The molecule has 1 aromatic rings. The highest BCUT2D eigenvalue weighted by Crippen LogP contribution is 2.13. The molecule has 0 aliphatic heterocycles. The van der Waals surface area contributed by atoms with E-state index >= 15 is 0 Å². The molecule has 1 rings (SSSR count). The third kappa shape index (κ3) is 9.27. The second-order valence-corrected chi connectivity index (χ2v) is 5.63. The molecule has 0 atom stereocenters. The average molecular weight is 307 g/mol. The lowest BCUT2D eigenvalue weighted by Crippen LogP contribution is -2.19. The average Bonchev–Trinajstić information content (AvgIpc) is 2.52. The lowest BCUT2D eigenvalue weighted by Gasteiger charge is -2.07. The summed E-state index contributed by atoms with van der Waals surface area (Å²) in [7, 11) is 0.